The Morgan fingerprint density at radius 1 is 0.549 bits per heavy atom. The lowest BCUT2D eigenvalue weighted by Crippen LogP contribution is -2.16. The Morgan fingerprint density at radius 2 is 1.24 bits per heavy atom. The van der Waals surface area contributed by atoms with Crippen molar-refractivity contribution in [3.63, 3.8) is 0 Å². The van der Waals surface area contributed by atoms with Crippen molar-refractivity contribution in [2.75, 3.05) is 0 Å². The van der Waals surface area contributed by atoms with Crippen molar-refractivity contribution < 1.29 is 0 Å². The third-order valence-electron chi connectivity index (χ3n) is 10.9. The maximum absolute atomic E-state index is 5.28. The van der Waals surface area contributed by atoms with E-state index >= 15 is 0 Å². The molecule has 0 bridgehead atoms. The Hall–Kier alpha value is -6.32. The first kappa shape index (κ1) is 29.6. The normalized spacial score (nSPS) is 14.7. The molecular weight excluding hydrogens is 619 g/mol. The molecule has 10 rings (SSSR count). The van der Waals surface area contributed by atoms with Gasteiger partial charge in [-0.2, -0.15) is 0 Å². The highest BCUT2D eigenvalue weighted by molar-refractivity contribution is 6.10. The second-order valence-electron chi connectivity index (χ2n) is 14.2. The fourth-order valence-corrected chi connectivity index (χ4v) is 8.34. The Labute approximate surface area is 297 Å². The number of aromatic nitrogens is 3. The number of rotatable bonds is 4. The van der Waals surface area contributed by atoms with Gasteiger partial charge in [0.15, 0.2) is 0 Å². The Morgan fingerprint density at radius 3 is 2.10 bits per heavy atom. The molecule has 0 unspecified atom stereocenters. The van der Waals surface area contributed by atoms with Gasteiger partial charge in [-0.05, 0) is 81.3 Å². The number of nitrogens with zero attached hydrogens (tertiary/aromatic N) is 3. The molecule has 2 aliphatic carbocycles. The fourth-order valence-electron chi connectivity index (χ4n) is 8.34. The van der Waals surface area contributed by atoms with Crippen LogP contribution in [0.2, 0.25) is 0 Å². The summed E-state index contributed by atoms with van der Waals surface area (Å²) in [6, 6.07) is 50.1. The van der Waals surface area contributed by atoms with Gasteiger partial charge >= 0.3 is 0 Å². The second kappa shape index (κ2) is 11.4. The van der Waals surface area contributed by atoms with Gasteiger partial charge in [-0.3, -0.25) is 4.57 Å². The molecule has 0 fully saturated rings. The molecule has 6 aromatic carbocycles. The quantitative estimate of drug-likeness (QED) is 0.189. The van der Waals surface area contributed by atoms with Crippen LogP contribution in [0.15, 0.2) is 169 Å². The number of hydrogen-bond acceptors (Lipinski definition) is 2. The van der Waals surface area contributed by atoms with Crippen molar-refractivity contribution in [1.82, 2.24) is 14.5 Å². The molecule has 0 atom stereocenters. The number of para-hydroxylation sites is 2. The van der Waals surface area contributed by atoms with E-state index in [1.165, 1.54) is 49.7 Å². The van der Waals surface area contributed by atoms with Crippen LogP contribution in [0.4, 0.5) is 0 Å². The van der Waals surface area contributed by atoms with Gasteiger partial charge in [-0.25, -0.2) is 9.97 Å². The molecule has 3 heteroatoms. The van der Waals surface area contributed by atoms with E-state index < -0.39 is 0 Å². The summed E-state index contributed by atoms with van der Waals surface area (Å²) in [6.07, 6.45) is 9.91. The lowest BCUT2D eigenvalue weighted by atomic mass is 9.80. The summed E-state index contributed by atoms with van der Waals surface area (Å²) in [5, 5.41) is 3.41. The summed E-state index contributed by atoms with van der Waals surface area (Å²) < 4.78 is 2.24. The van der Waals surface area contributed by atoms with E-state index in [9.17, 15) is 0 Å². The van der Waals surface area contributed by atoms with E-state index in [-0.39, 0.29) is 5.41 Å². The standard InChI is InChI=1S/C48H35N3/c1-48(2)41-21-8-4-7-18-36(41)37-26-24-34(29-42(37)48)32-16-13-17-33(28-32)35-25-27-39-38-19-10-12-23-44(38)51(45(39)30-35)47-49-43-22-11-9-20-40(43)46(50-47)31-14-5-3-6-15-31/h3-17,19-30H,18H2,1-2H3. The third-order valence-corrected chi connectivity index (χ3v) is 10.9. The molecule has 242 valence electrons. The molecule has 0 saturated carbocycles. The predicted molar refractivity (Wildman–Crippen MR) is 213 cm³/mol. The van der Waals surface area contributed by atoms with Crippen LogP contribution in [0.5, 0.6) is 0 Å². The summed E-state index contributed by atoms with van der Waals surface area (Å²) in [4.78, 5) is 10.5. The van der Waals surface area contributed by atoms with Gasteiger partial charge in [0, 0.05) is 27.1 Å². The van der Waals surface area contributed by atoms with Crippen LogP contribution in [0.25, 0.3) is 77.7 Å². The van der Waals surface area contributed by atoms with Crippen LogP contribution in [0.3, 0.4) is 0 Å². The van der Waals surface area contributed by atoms with Crippen LogP contribution < -0.4 is 0 Å². The third kappa shape index (κ3) is 4.65. The molecule has 2 aliphatic rings. The van der Waals surface area contributed by atoms with Crippen LogP contribution >= 0.6 is 0 Å². The summed E-state index contributed by atoms with van der Waals surface area (Å²) in [5.41, 5.74) is 15.5. The van der Waals surface area contributed by atoms with E-state index in [0.29, 0.717) is 5.95 Å². The fraction of sp³-hybridized carbons (Fsp3) is 0.0833. The largest absolute Gasteiger partial charge is 0.278 e. The highest BCUT2D eigenvalue weighted by atomic mass is 15.2. The second-order valence-corrected chi connectivity index (χ2v) is 14.2. The van der Waals surface area contributed by atoms with Crippen molar-refractivity contribution in [2.24, 2.45) is 0 Å². The lowest BCUT2D eigenvalue weighted by Gasteiger charge is -2.23. The van der Waals surface area contributed by atoms with Crippen molar-refractivity contribution >= 4 is 38.3 Å². The maximum Gasteiger partial charge on any atom is 0.235 e. The molecule has 0 aliphatic heterocycles. The molecule has 0 amide bonds. The Kier molecular flexibility index (Phi) is 6.59. The number of allylic oxidation sites excluding steroid dienone is 6. The Bertz CT molecular complexity index is 2790. The molecule has 0 spiro atoms. The van der Waals surface area contributed by atoms with Crippen LogP contribution in [-0.4, -0.2) is 14.5 Å². The zero-order chi connectivity index (χ0) is 34.1. The van der Waals surface area contributed by atoms with E-state index in [4.69, 9.17) is 9.97 Å². The molecule has 0 saturated heterocycles. The zero-order valence-corrected chi connectivity index (χ0v) is 28.6. The molecule has 0 N–H and O–H groups in total. The zero-order valence-electron chi connectivity index (χ0n) is 28.6. The monoisotopic (exact) mass is 653 g/mol. The van der Waals surface area contributed by atoms with Crippen LogP contribution in [0, 0.1) is 0 Å². The lowest BCUT2D eigenvalue weighted by molar-refractivity contribution is 0.654. The van der Waals surface area contributed by atoms with Crippen LogP contribution in [0.1, 0.15) is 31.4 Å². The smallest absolute Gasteiger partial charge is 0.235 e. The first-order valence-corrected chi connectivity index (χ1v) is 17.7. The van der Waals surface area contributed by atoms with Crippen molar-refractivity contribution in [3.05, 3.63) is 181 Å². The summed E-state index contributed by atoms with van der Waals surface area (Å²) >= 11 is 0. The van der Waals surface area contributed by atoms with E-state index in [2.05, 4.69) is 170 Å². The molecule has 0 radical (unpaired) electrons. The van der Waals surface area contributed by atoms with Gasteiger partial charge in [0.2, 0.25) is 5.95 Å². The highest BCUT2D eigenvalue weighted by Crippen LogP contribution is 2.50. The highest BCUT2D eigenvalue weighted by Gasteiger charge is 2.36. The van der Waals surface area contributed by atoms with Gasteiger partial charge in [0.1, 0.15) is 0 Å². The number of hydrogen-bond donors (Lipinski definition) is 0. The van der Waals surface area contributed by atoms with Gasteiger partial charge in [-0.15, -0.1) is 0 Å². The van der Waals surface area contributed by atoms with Crippen molar-refractivity contribution in [2.45, 2.75) is 25.7 Å². The molecule has 51 heavy (non-hydrogen) atoms. The van der Waals surface area contributed by atoms with Gasteiger partial charge in [0.05, 0.1) is 22.2 Å². The van der Waals surface area contributed by atoms with E-state index in [0.717, 1.165) is 45.2 Å². The average Bonchev–Trinajstić information content (AvgIpc) is 3.45. The van der Waals surface area contributed by atoms with E-state index in [1.54, 1.807) is 0 Å². The predicted octanol–water partition coefficient (Wildman–Crippen LogP) is 12.3. The molecular formula is C48H35N3. The minimum Gasteiger partial charge on any atom is -0.278 e. The molecule has 2 aromatic heterocycles. The summed E-state index contributed by atoms with van der Waals surface area (Å²) in [7, 11) is 0. The maximum atomic E-state index is 5.28. The van der Waals surface area contributed by atoms with Gasteiger partial charge in [0.25, 0.3) is 0 Å². The summed E-state index contributed by atoms with van der Waals surface area (Å²) in [5.74, 6) is 0.669. The SMILES string of the molecule is CC1(C)C2=C(CC=CC=C2)c2ccc(-c3cccc(-c4ccc5c6ccccc6n(-c6nc(-c7ccccc7)c7ccccc7n6)c5c4)c3)cc21. The van der Waals surface area contributed by atoms with Crippen molar-refractivity contribution in [3.8, 4) is 39.5 Å². The number of benzene rings is 6. The molecule has 2 heterocycles. The topological polar surface area (TPSA) is 30.7 Å². The van der Waals surface area contributed by atoms with E-state index in [1.807, 2.05) is 12.1 Å². The first-order chi connectivity index (χ1) is 25.0. The first-order valence-electron chi connectivity index (χ1n) is 17.7. The molecule has 3 nitrogen and oxygen atoms in total. The summed E-state index contributed by atoms with van der Waals surface area (Å²) in [6.45, 7) is 4.72. The minimum atomic E-state index is -0.0372. The van der Waals surface area contributed by atoms with Gasteiger partial charge < -0.3 is 0 Å². The molecule has 8 aromatic rings. The average molecular weight is 654 g/mol. The minimum absolute atomic E-state index is 0.0372. The van der Waals surface area contributed by atoms with Crippen molar-refractivity contribution in [1.29, 1.82) is 0 Å². The van der Waals surface area contributed by atoms with Gasteiger partial charge in [-0.1, -0.05) is 147 Å². The van der Waals surface area contributed by atoms with Crippen LogP contribution in [-0.2, 0) is 5.41 Å². The Balaban J connectivity index is 1.12. The number of fused-ring (bicyclic) bond motifs is 6.